The average Bonchev–Trinajstić information content (AvgIpc) is 3.38. The molecule has 5 aromatic rings. The van der Waals surface area contributed by atoms with Gasteiger partial charge in [-0.2, -0.15) is 0 Å². The van der Waals surface area contributed by atoms with Crippen molar-refractivity contribution in [3.05, 3.63) is 136 Å². The number of ketones is 1. The van der Waals surface area contributed by atoms with E-state index in [1.54, 1.807) is 10.8 Å². The first-order chi connectivity index (χ1) is 18.1. The number of aromatic nitrogens is 3. The number of hydrogen-bond acceptors (Lipinski definition) is 6. The standard InChI is InChI=1S/C29H22N4O4/c34-28(23-10-13-25(14-11-23)33(35)36)16-15-27-26-9-5-4-8-22(26)12-17-29(27)37-20-24-19-32(31-30-24)18-21-6-2-1-3-7-21/h1-17,19H,18,20H2/b16-15+. The summed E-state index contributed by atoms with van der Waals surface area (Å²) in [6.07, 6.45) is 5.02. The Bertz CT molecular complexity index is 1590. The molecule has 0 N–H and O–H groups in total. The summed E-state index contributed by atoms with van der Waals surface area (Å²) in [6, 6.07) is 27.2. The molecule has 0 spiro atoms. The van der Waals surface area contributed by atoms with E-state index in [1.165, 1.54) is 30.3 Å². The normalized spacial score (nSPS) is 11.1. The maximum Gasteiger partial charge on any atom is 0.269 e. The fourth-order valence-electron chi connectivity index (χ4n) is 3.98. The topological polar surface area (TPSA) is 100 Å². The second-order valence-corrected chi connectivity index (χ2v) is 8.38. The molecular formula is C29H22N4O4. The van der Waals surface area contributed by atoms with E-state index in [0.29, 0.717) is 23.6 Å². The fraction of sp³-hybridized carbons (Fsp3) is 0.0690. The zero-order valence-corrected chi connectivity index (χ0v) is 19.7. The third-order valence-electron chi connectivity index (χ3n) is 5.84. The third kappa shape index (κ3) is 5.59. The van der Waals surface area contributed by atoms with Gasteiger partial charge in [0.25, 0.3) is 5.69 Å². The molecule has 8 nitrogen and oxygen atoms in total. The molecule has 37 heavy (non-hydrogen) atoms. The van der Waals surface area contributed by atoms with Gasteiger partial charge in [0.05, 0.1) is 17.7 Å². The number of benzene rings is 4. The van der Waals surface area contributed by atoms with Crippen molar-refractivity contribution in [1.29, 1.82) is 0 Å². The van der Waals surface area contributed by atoms with Crippen molar-refractivity contribution < 1.29 is 14.5 Å². The molecule has 1 heterocycles. The van der Waals surface area contributed by atoms with Crippen molar-refractivity contribution in [2.45, 2.75) is 13.2 Å². The molecule has 0 radical (unpaired) electrons. The van der Waals surface area contributed by atoms with Crippen LogP contribution in [-0.2, 0) is 13.2 Å². The number of carbonyl (C=O) groups excluding carboxylic acids is 1. The highest BCUT2D eigenvalue weighted by atomic mass is 16.6. The van der Waals surface area contributed by atoms with Crippen LogP contribution in [-0.4, -0.2) is 25.7 Å². The number of nitro benzene ring substituents is 1. The Balaban J connectivity index is 1.36. The largest absolute Gasteiger partial charge is 0.487 e. The van der Waals surface area contributed by atoms with Crippen molar-refractivity contribution in [2.24, 2.45) is 0 Å². The number of non-ortho nitro benzene ring substituents is 1. The summed E-state index contributed by atoms with van der Waals surface area (Å²) in [5.74, 6) is 0.335. The van der Waals surface area contributed by atoms with Gasteiger partial charge in [-0.25, -0.2) is 4.68 Å². The Hall–Kier alpha value is -5.11. The van der Waals surface area contributed by atoms with E-state index in [0.717, 1.165) is 21.9 Å². The van der Waals surface area contributed by atoms with Gasteiger partial charge >= 0.3 is 0 Å². The molecule has 1 aromatic heterocycles. The minimum Gasteiger partial charge on any atom is -0.487 e. The molecule has 0 amide bonds. The quantitative estimate of drug-likeness (QED) is 0.111. The SMILES string of the molecule is O=C(/C=C/c1c(OCc2cn(Cc3ccccc3)nn2)ccc2ccccc12)c1ccc([N+](=O)[O-])cc1. The van der Waals surface area contributed by atoms with Crippen LogP contribution in [0.25, 0.3) is 16.8 Å². The van der Waals surface area contributed by atoms with Crippen LogP contribution in [0.3, 0.4) is 0 Å². The van der Waals surface area contributed by atoms with E-state index < -0.39 is 4.92 Å². The van der Waals surface area contributed by atoms with E-state index in [-0.39, 0.29) is 18.1 Å². The first kappa shape index (κ1) is 23.6. The first-order valence-electron chi connectivity index (χ1n) is 11.6. The van der Waals surface area contributed by atoms with E-state index in [4.69, 9.17) is 4.74 Å². The number of rotatable bonds is 9. The van der Waals surface area contributed by atoms with Gasteiger partial charge in [-0.05, 0) is 46.7 Å². The summed E-state index contributed by atoms with van der Waals surface area (Å²) in [6.45, 7) is 0.826. The molecule has 0 aliphatic heterocycles. The lowest BCUT2D eigenvalue weighted by atomic mass is 10.0. The van der Waals surface area contributed by atoms with Gasteiger partial charge < -0.3 is 4.74 Å². The molecule has 0 aliphatic carbocycles. The maximum absolute atomic E-state index is 12.8. The van der Waals surface area contributed by atoms with E-state index in [1.807, 2.05) is 72.9 Å². The van der Waals surface area contributed by atoms with Crippen molar-refractivity contribution in [3.63, 3.8) is 0 Å². The summed E-state index contributed by atoms with van der Waals surface area (Å²) in [4.78, 5) is 23.1. The van der Waals surface area contributed by atoms with Crippen LogP contribution < -0.4 is 4.74 Å². The molecule has 0 bridgehead atoms. The predicted molar refractivity (Wildman–Crippen MR) is 140 cm³/mol. The Labute approximate surface area is 212 Å². The Kier molecular flexibility index (Phi) is 6.80. The smallest absolute Gasteiger partial charge is 0.269 e. The van der Waals surface area contributed by atoms with E-state index in [2.05, 4.69) is 10.3 Å². The molecule has 4 aromatic carbocycles. The summed E-state index contributed by atoms with van der Waals surface area (Å²) in [5, 5.41) is 21.2. The maximum atomic E-state index is 12.8. The molecule has 0 saturated heterocycles. The van der Waals surface area contributed by atoms with Crippen molar-refractivity contribution in [3.8, 4) is 5.75 Å². The lowest BCUT2D eigenvalue weighted by Gasteiger charge is -2.11. The third-order valence-corrected chi connectivity index (χ3v) is 5.84. The van der Waals surface area contributed by atoms with Crippen LogP contribution in [0.5, 0.6) is 5.75 Å². The van der Waals surface area contributed by atoms with Crippen LogP contribution in [0.4, 0.5) is 5.69 Å². The molecule has 0 unspecified atom stereocenters. The van der Waals surface area contributed by atoms with Gasteiger partial charge in [0.15, 0.2) is 5.78 Å². The summed E-state index contributed by atoms with van der Waals surface area (Å²) >= 11 is 0. The number of carbonyl (C=O) groups is 1. The van der Waals surface area contributed by atoms with Gasteiger partial charge in [-0.15, -0.1) is 5.10 Å². The van der Waals surface area contributed by atoms with Crippen LogP contribution in [0.1, 0.15) is 27.2 Å². The van der Waals surface area contributed by atoms with Crippen molar-refractivity contribution >= 4 is 28.3 Å². The molecule has 0 atom stereocenters. The summed E-state index contributed by atoms with van der Waals surface area (Å²) in [5.41, 5.74) is 2.86. The Morgan fingerprint density at radius 2 is 1.70 bits per heavy atom. The number of allylic oxidation sites excluding steroid dienone is 1. The molecule has 5 rings (SSSR count). The van der Waals surface area contributed by atoms with Gasteiger partial charge in [-0.1, -0.05) is 65.9 Å². The molecule has 182 valence electrons. The van der Waals surface area contributed by atoms with Gasteiger partial charge in [0.1, 0.15) is 18.1 Å². The highest BCUT2D eigenvalue weighted by Gasteiger charge is 2.11. The second-order valence-electron chi connectivity index (χ2n) is 8.38. The van der Waals surface area contributed by atoms with Crippen molar-refractivity contribution in [2.75, 3.05) is 0 Å². The van der Waals surface area contributed by atoms with Crippen LogP contribution >= 0.6 is 0 Å². The summed E-state index contributed by atoms with van der Waals surface area (Å²) in [7, 11) is 0. The van der Waals surface area contributed by atoms with Crippen LogP contribution in [0.2, 0.25) is 0 Å². The first-order valence-corrected chi connectivity index (χ1v) is 11.6. The van der Waals surface area contributed by atoms with E-state index in [9.17, 15) is 14.9 Å². The lowest BCUT2D eigenvalue weighted by Crippen LogP contribution is -2.00. The fourth-order valence-corrected chi connectivity index (χ4v) is 3.98. The average molecular weight is 491 g/mol. The minimum atomic E-state index is -0.496. The lowest BCUT2D eigenvalue weighted by molar-refractivity contribution is -0.384. The van der Waals surface area contributed by atoms with Gasteiger partial charge in [-0.3, -0.25) is 14.9 Å². The zero-order valence-electron chi connectivity index (χ0n) is 19.7. The number of fused-ring (bicyclic) bond motifs is 1. The monoisotopic (exact) mass is 490 g/mol. The Morgan fingerprint density at radius 3 is 2.49 bits per heavy atom. The highest BCUT2D eigenvalue weighted by Crippen LogP contribution is 2.30. The van der Waals surface area contributed by atoms with E-state index >= 15 is 0 Å². The number of nitrogens with zero attached hydrogens (tertiary/aromatic N) is 4. The highest BCUT2D eigenvalue weighted by molar-refractivity contribution is 6.08. The number of nitro groups is 1. The van der Waals surface area contributed by atoms with Crippen molar-refractivity contribution in [1.82, 2.24) is 15.0 Å². The molecule has 0 saturated carbocycles. The van der Waals surface area contributed by atoms with Gasteiger partial charge in [0.2, 0.25) is 0 Å². The van der Waals surface area contributed by atoms with Crippen LogP contribution in [0, 0.1) is 10.1 Å². The molecule has 8 heteroatoms. The van der Waals surface area contributed by atoms with Crippen LogP contribution in [0.15, 0.2) is 103 Å². The number of hydrogen-bond donors (Lipinski definition) is 0. The second kappa shape index (κ2) is 10.7. The molecule has 0 fully saturated rings. The summed E-state index contributed by atoms with van der Waals surface area (Å²) < 4.78 is 7.88. The Morgan fingerprint density at radius 1 is 0.946 bits per heavy atom. The van der Waals surface area contributed by atoms with Gasteiger partial charge in [0, 0.05) is 23.3 Å². The number of ether oxygens (including phenoxy) is 1. The zero-order chi connectivity index (χ0) is 25.6. The minimum absolute atomic E-state index is 0.0639. The molecule has 0 aliphatic rings. The molecular weight excluding hydrogens is 468 g/mol. The predicted octanol–water partition coefficient (Wildman–Crippen LogP) is 5.86.